The highest BCUT2D eigenvalue weighted by atomic mass is 19.4. The number of anilines is 2. The molecular weight excluding hydrogens is 221 g/mol. The molecule has 1 aromatic heterocycles. The van der Waals surface area contributed by atoms with Gasteiger partial charge in [0.05, 0.1) is 0 Å². The molecule has 0 aromatic carbocycles. The van der Waals surface area contributed by atoms with Crippen LogP contribution in [0.1, 0.15) is 19.5 Å². The average Bonchev–Trinajstić information content (AvgIpc) is 2.12. The first-order chi connectivity index (χ1) is 7.29. The van der Waals surface area contributed by atoms with E-state index in [9.17, 15) is 13.2 Å². The standard InChI is InChI=1S/C9H13F3N4/c1-5(2)4-14-7-3-6(9(10,11)12)15-8(13)16-7/h3,5H,4H2,1-2H3,(H3,13,14,15,16). The summed E-state index contributed by atoms with van der Waals surface area (Å²) in [6.45, 7) is 4.39. The lowest BCUT2D eigenvalue weighted by Crippen LogP contribution is -2.15. The van der Waals surface area contributed by atoms with Crippen LogP contribution >= 0.6 is 0 Å². The van der Waals surface area contributed by atoms with E-state index in [4.69, 9.17) is 5.73 Å². The monoisotopic (exact) mass is 234 g/mol. The van der Waals surface area contributed by atoms with Crippen molar-refractivity contribution in [3.05, 3.63) is 11.8 Å². The minimum absolute atomic E-state index is 0.0912. The first-order valence-corrected chi connectivity index (χ1v) is 4.74. The molecule has 0 spiro atoms. The molecule has 7 heteroatoms. The van der Waals surface area contributed by atoms with Gasteiger partial charge in [0.1, 0.15) is 5.82 Å². The first-order valence-electron chi connectivity index (χ1n) is 4.74. The second-order valence-electron chi connectivity index (χ2n) is 3.77. The second-order valence-corrected chi connectivity index (χ2v) is 3.77. The van der Waals surface area contributed by atoms with Gasteiger partial charge in [0.25, 0.3) is 0 Å². The summed E-state index contributed by atoms with van der Waals surface area (Å²) in [4.78, 5) is 6.81. The van der Waals surface area contributed by atoms with Crippen molar-refractivity contribution in [2.75, 3.05) is 17.6 Å². The number of aromatic nitrogens is 2. The zero-order valence-corrected chi connectivity index (χ0v) is 8.97. The lowest BCUT2D eigenvalue weighted by Gasteiger charge is -2.11. The van der Waals surface area contributed by atoms with Crippen LogP contribution in [0.25, 0.3) is 0 Å². The largest absolute Gasteiger partial charge is 0.433 e. The van der Waals surface area contributed by atoms with Gasteiger partial charge < -0.3 is 11.1 Å². The molecule has 16 heavy (non-hydrogen) atoms. The van der Waals surface area contributed by atoms with Crippen molar-refractivity contribution in [3.8, 4) is 0 Å². The van der Waals surface area contributed by atoms with Crippen LogP contribution in [0.3, 0.4) is 0 Å². The van der Waals surface area contributed by atoms with Crippen LogP contribution in [0.5, 0.6) is 0 Å². The maximum atomic E-state index is 12.4. The van der Waals surface area contributed by atoms with Crippen molar-refractivity contribution in [3.63, 3.8) is 0 Å². The number of nitrogens with two attached hydrogens (primary N) is 1. The van der Waals surface area contributed by atoms with Crippen molar-refractivity contribution in [2.45, 2.75) is 20.0 Å². The van der Waals surface area contributed by atoms with Crippen LogP contribution in [0.15, 0.2) is 6.07 Å². The van der Waals surface area contributed by atoms with E-state index in [0.29, 0.717) is 12.5 Å². The third kappa shape index (κ3) is 3.56. The predicted octanol–water partition coefficient (Wildman–Crippen LogP) is 2.15. The molecule has 0 saturated heterocycles. The molecule has 4 nitrogen and oxygen atoms in total. The Hall–Kier alpha value is -1.53. The maximum Gasteiger partial charge on any atom is 0.433 e. The summed E-state index contributed by atoms with van der Waals surface area (Å²) in [5, 5.41) is 2.77. The first kappa shape index (κ1) is 12.5. The van der Waals surface area contributed by atoms with Crippen LogP contribution in [-0.4, -0.2) is 16.5 Å². The Bertz CT molecular complexity index is 362. The molecule has 1 rings (SSSR count). The van der Waals surface area contributed by atoms with Gasteiger partial charge in [-0.15, -0.1) is 0 Å². The summed E-state index contributed by atoms with van der Waals surface area (Å²) in [7, 11) is 0. The fourth-order valence-corrected chi connectivity index (χ4v) is 1.01. The molecule has 1 aromatic rings. The molecule has 0 amide bonds. The highest BCUT2D eigenvalue weighted by molar-refractivity contribution is 5.41. The lowest BCUT2D eigenvalue weighted by molar-refractivity contribution is -0.141. The molecule has 0 bridgehead atoms. The van der Waals surface area contributed by atoms with Gasteiger partial charge in [-0.2, -0.15) is 18.2 Å². The highest BCUT2D eigenvalue weighted by Gasteiger charge is 2.33. The van der Waals surface area contributed by atoms with Crippen molar-refractivity contribution in [2.24, 2.45) is 5.92 Å². The third-order valence-corrected chi connectivity index (χ3v) is 1.73. The number of hydrogen-bond donors (Lipinski definition) is 2. The topological polar surface area (TPSA) is 63.8 Å². The molecule has 0 aliphatic heterocycles. The maximum absolute atomic E-state index is 12.4. The lowest BCUT2D eigenvalue weighted by atomic mass is 10.2. The van der Waals surface area contributed by atoms with E-state index in [1.54, 1.807) is 0 Å². The van der Waals surface area contributed by atoms with E-state index in [-0.39, 0.29) is 11.8 Å². The molecule has 3 N–H and O–H groups in total. The van der Waals surface area contributed by atoms with E-state index in [1.807, 2.05) is 13.8 Å². The van der Waals surface area contributed by atoms with Gasteiger partial charge in [-0.05, 0) is 5.92 Å². The zero-order valence-electron chi connectivity index (χ0n) is 8.97. The Morgan fingerprint density at radius 1 is 1.38 bits per heavy atom. The minimum Gasteiger partial charge on any atom is -0.370 e. The summed E-state index contributed by atoms with van der Waals surface area (Å²) >= 11 is 0. The van der Waals surface area contributed by atoms with Gasteiger partial charge in [-0.25, -0.2) is 4.98 Å². The average molecular weight is 234 g/mol. The normalized spacial score (nSPS) is 11.9. The fraction of sp³-hybridized carbons (Fsp3) is 0.556. The SMILES string of the molecule is CC(C)CNc1cc(C(F)(F)F)nc(N)n1. The van der Waals surface area contributed by atoms with E-state index < -0.39 is 11.9 Å². The van der Waals surface area contributed by atoms with Gasteiger partial charge in [0.2, 0.25) is 5.95 Å². The van der Waals surface area contributed by atoms with Crippen LogP contribution in [0.2, 0.25) is 0 Å². The minimum atomic E-state index is -4.51. The number of nitrogens with one attached hydrogen (secondary N) is 1. The Kier molecular flexibility index (Phi) is 3.56. The highest BCUT2D eigenvalue weighted by Crippen LogP contribution is 2.29. The van der Waals surface area contributed by atoms with Gasteiger partial charge >= 0.3 is 6.18 Å². The molecule has 0 atom stereocenters. The molecule has 0 fully saturated rings. The van der Waals surface area contributed by atoms with E-state index in [0.717, 1.165) is 6.07 Å². The second kappa shape index (κ2) is 4.54. The van der Waals surface area contributed by atoms with Gasteiger partial charge in [0, 0.05) is 12.6 Å². The molecule has 90 valence electrons. The smallest absolute Gasteiger partial charge is 0.370 e. The Morgan fingerprint density at radius 3 is 2.50 bits per heavy atom. The predicted molar refractivity (Wildman–Crippen MR) is 54.8 cm³/mol. The number of nitrogen functional groups attached to an aromatic ring is 1. The molecular formula is C9H13F3N4. The summed E-state index contributed by atoms with van der Waals surface area (Å²) < 4.78 is 37.1. The summed E-state index contributed by atoms with van der Waals surface area (Å²) in [5.74, 6) is 0.000123. The number of nitrogens with zero attached hydrogens (tertiary/aromatic N) is 2. The van der Waals surface area contributed by atoms with E-state index >= 15 is 0 Å². The Labute approximate surface area is 91.1 Å². The van der Waals surface area contributed by atoms with Gasteiger partial charge in [0.15, 0.2) is 5.69 Å². The summed E-state index contributed by atoms with van der Waals surface area (Å²) in [6, 6.07) is 0.846. The Balaban J connectivity index is 2.90. The molecule has 0 aliphatic rings. The molecule has 0 unspecified atom stereocenters. The molecule has 0 radical (unpaired) electrons. The molecule has 0 aliphatic carbocycles. The zero-order chi connectivity index (χ0) is 12.3. The van der Waals surface area contributed by atoms with Crippen LogP contribution in [0, 0.1) is 5.92 Å². The summed E-state index contributed by atoms with van der Waals surface area (Å²) in [5.41, 5.74) is 4.16. The fourth-order valence-electron chi connectivity index (χ4n) is 1.01. The van der Waals surface area contributed by atoms with Crippen molar-refractivity contribution in [1.82, 2.24) is 9.97 Å². The van der Waals surface area contributed by atoms with E-state index in [1.165, 1.54) is 0 Å². The van der Waals surface area contributed by atoms with E-state index in [2.05, 4.69) is 15.3 Å². The third-order valence-electron chi connectivity index (χ3n) is 1.73. The number of alkyl halides is 3. The van der Waals surface area contributed by atoms with Crippen LogP contribution < -0.4 is 11.1 Å². The number of halogens is 3. The van der Waals surface area contributed by atoms with Crippen molar-refractivity contribution in [1.29, 1.82) is 0 Å². The molecule has 0 saturated carbocycles. The number of hydrogen-bond acceptors (Lipinski definition) is 4. The number of rotatable bonds is 3. The van der Waals surface area contributed by atoms with Crippen LogP contribution in [0.4, 0.5) is 24.9 Å². The van der Waals surface area contributed by atoms with Crippen molar-refractivity contribution < 1.29 is 13.2 Å². The molecule has 1 heterocycles. The van der Waals surface area contributed by atoms with Crippen molar-refractivity contribution >= 4 is 11.8 Å². The Morgan fingerprint density at radius 2 is 2.00 bits per heavy atom. The van der Waals surface area contributed by atoms with Crippen LogP contribution in [-0.2, 0) is 6.18 Å². The quantitative estimate of drug-likeness (QED) is 0.841. The van der Waals surface area contributed by atoms with Gasteiger partial charge in [-0.1, -0.05) is 13.8 Å². The summed E-state index contributed by atoms with van der Waals surface area (Å²) in [6.07, 6.45) is -4.51. The van der Waals surface area contributed by atoms with Gasteiger partial charge in [-0.3, -0.25) is 0 Å².